The Morgan fingerprint density at radius 1 is 0.500 bits per heavy atom. The lowest BCUT2D eigenvalue weighted by Gasteiger charge is -1.60. The molecule has 6 heteroatoms. The summed E-state index contributed by atoms with van der Waals surface area (Å²) in [5.41, 5.74) is 0. The summed E-state index contributed by atoms with van der Waals surface area (Å²) in [5.74, 6) is 0. The van der Waals surface area contributed by atoms with Crippen molar-refractivity contribution in [2.45, 2.75) is 44.6 Å². The van der Waals surface area contributed by atoms with Crippen molar-refractivity contribution < 1.29 is 30.0 Å². The summed E-state index contributed by atoms with van der Waals surface area (Å²) in [6, 6.07) is 0. The minimum Gasteiger partial charge on any atom is -0.450 e. The fourth-order valence-electron chi connectivity index (χ4n) is 0. The van der Waals surface area contributed by atoms with E-state index in [1.165, 1.54) is 0 Å². The normalized spacial score (nSPS) is 3.11. The van der Waals surface area contributed by atoms with Crippen molar-refractivity contribution >= 4 is 12.3 Å². The molecule has 0 aromatic heterocycles. The van der Waals surface area contributed by atoms with E-state index in [9.17, 15) is 0 Å². The molecule has 6 nitrogen and oxygen atoms in total. The topological polar surface area (TPSA) is 115 Å². The monoisotopic (exact) mass is 276 g/mol. The maximum Gasteiger partial charge on any atom is 0.503 e. The van der Waals surface area contributed by atoms with Gasteiger partial charge in [0.15, 0.2) is 0 Å². The Kier molecular flexibility index (Phi) is 1010. The maximum absolute atomic E-state index is 8.56. The van der Waals surface area contributed by atoms with Crippen LogP contribution in [0.1, 0.15) is 44.6 Å². The fraction of sp³-hybridized carbons (Fsp3) is 0.500. The third-order valence-corrected chi connectivity index (χ3v) is 0. The van der Waals surface area contributed by atoms with Crippen LogP contribution in [-0.4, -0.2) is 32.7 Å². The first-order valence-corrected chi connectivity index (χ1v) is 2.30. The third-order valence-electron chi connectivity index (χ3n) is 0. The van der Waals surface area contributed by atoms with Gasteiger partial charge >= 0.3 is 12.3 Å². The minimum absolute atomic E-state index is 0. The molecule has 0 aromatic rings. The molecular formula is C12H36O6. The fourth-order valence-corrected chi connectivity index (χ4v) is 0. The average molecular weight is 276 g/mol. The lowest BCUT2D eigenvalue weighted by Crippen LogP contribution is -1.81. The number of carboxylic acid groups (broad SMARTS) is 4. The molecule has 0 bridgehead atoms. The number of carbonyl (C=O) groups is 2. The van der Waals surface area contributed by atoms with Gasteiger partial charge in [0.25, 0.3) is 0 Å². The first-order valence-electron chi connectivity index (χ1n) is 2.30. The first-order chi connectivity index (χ1) is 5.46. The van der Waals surface area contributed by atoms with Gasteiger partial charge in [0, 0.05) is 0 Å². The summed E-state index contributed by atoms with van der Waals surface area (Å²) in [4.78, 5) is 17.1. The molecule has 0 aliphatic carbocycles. The molecule has 0 radical (unpaired) electrons. The summed E-state index contributed by atoms with van der Waals surface area (Å²) in [7, 11) is 0. The summed E-state index contributed by atoms with van der Waals surface area (Å²) < 4.78 is 0. The van der Waals surface area contributed by atoms with Crippen LogP contribution in [0.25, 0.3) is 0 Å². The molecular weight excluding hydrogens is 240 g/mol. The van der Waals surface area contributed by atoms with E-state index in [0.717, 1.165) is 0 Å². The highest BCUT2D eigenvalue weighted by atomic mass is 16.6. The highest BCUT2D eigenvalue weighted by Gasteiger charge is 1.70. The van der Waals surface area contributed by atoms with E-state index in [1.807, 2.05) is 0 Å². The van der Waals surface area contributed by atoms with Crippen LogP contribution in [0.15, 0.2) is 26.3 Å². The van der Waals surface area contributed by atoms with Crippen molar-refractivity contribution in [1.82, 2.24) is 0 Å². The van der Waals surface area contributed by atoms with Crippen LogP contribution in [0.5, 0.6) is 0 Å². The second-order valence-corrected chi connectivity index (χ2v) is 0.565. The standard InChI is InChI=1S/2C2H4.2CH2O3.6CH4/c2*1-2;2*2-1(3)4;;;;;;/h2*1-2H2;2*(H2,2,3,4);6*1H4. The van der Waals surface area contributed by atoms with Crippen molar-refractivity contribution in [1.29, 1.82) is 0 Å². The number of hydrogen-bond acceptors (Lipinski definition) is 2. The van der Waals surface area contributed by atoms with Crippen LogP contribution < -0.4 is 0 Å². The Labute approximate surface area is 114 Å². The Bertz CT molecular complexity index is 93.1. The van der Waals surface area contributed by atoms with Crippen molar-refractivity contribution in [3.05, 3.63) is 26.3 Å². The van der Waals surface area contributed by atoms with Crippen LogP contribution in [0.2, 0.25) is 0 Å². The third kappa shape index (κ3) is 606. The minimum atomic E-state index is -1.83. The zero-order chi connectivity index (χ0) is 11.2. The molecule has 0 spiro atoms. The maximum atomic E-state index is 8.56. The van der Waals surface area contributed by atoms with Crippen LogP contribution in [0, 0.1) is 0 Å². The number of hydrogen-bond donors (Lipinski definition) is 4. The molecule has 0 rings (SSSR count). The smallest absolute Gasteiger partial charge is 0.450 e. The molecule has 0 heterocycles. The lowest BCUT2D eigenvalue weighted by atomic mass is 11.3. The Hall–Kier alpha value is -1.98. The Morgan fingerprint density at radius 3 is 0.500 bits per heavy atom. The first kappa shape index (κ1) is 99.7. The SMILES string of the molecule is C.C.C.C.C.C.C=C.C=C.O=C(O)O.O=C(O)O. The van der Waals surface area contributed by atoms with Gasteiger partial charge in [-0.3, -0.25) is 0 Å². The largest absolute Gasteiger partial charge is 0.503 e. The second-order valence-electron chi connectivity index (χ2n) is 0.565. The predicted molar refractivity (Wildman–Crippen MR) is 84.2 cm³/mol. The zero-order valence-corrected chi connectivity index (χ0v) is 6.43. The highest BCUT2D eigenvalue weighted by Crippen LogP contribution is 1.43. The quantitative estimate of drug-likeness (QED) is 0.411. The zero-order valence-electron chi connectivity index (χ0n) is 6.43. The van der Waals surface area contributed by atoms with Crippen molar-refractivity contribution in [2.75, 3.05) is 0 Å². The van der Waals surface area contributed by atoms with Gasteiger partial charge in [0.05, 0.1) is 0 Å². The molecule has 0 saturated heterocycles. The van der Waals surface area contributed by atoms with Crippen LogP contribution in [0.3, 0.4) is 0 Å². The molecule has 0 aromatic carbocycles. The van der Waals surface area contributed by atoms with E-state index in [2.05, 4.69) is 26.3 Å². The molecule has 0 atom stereocenters. The molecule has 0 amide bonds. The molecule has 18 heavy (non-hydrogen) atoms. The van der Waals surface area contributed by atoms with Crippen LogP contribution >= 0.6 is 0 Å². The highest BCUT2D eigenvalue weighted by molar-refractivity contribution is 5.53. The van der Waals surface area contributed by atoms with Crippen molar-refractivity contribution in [3.63, 3.8) is 0 Å². The van der Waals surface area contributed by atoms with Gasteiger partial charge < -0.3 is 20.4 Å². The van der Waals surface area contributed by atoms with E-state index in [0.29, 0.717) is 0 Å². The van der Waals surface area contributed by atoms with Gasteiger partial charge in [-0.1, -0.05) is 44.6 Å². The van der Waals surface area contributed by atoms with Gasteiger partial charge in [0.2, 0.25) is 0 Å². The Balaban J connectivity index is -0.00000000554. The molecule has 0 aliphatic rings. The lowest BCUT2D eigenvalue weighted by molar-refractivity contribution is 0.135. The van der Waals surface area contributed by atoms with Crippen LogP contribution in [0.4, 0.5) is 9.59 Å². The van der Waals surface area contributed by atoms with Crippen molar-refractivity contribution in [3.8, 4) is 0 Å². The van der Waals surface area contributed by atoms with E-state index >= 15 is 0 Å². The van der Waals surface area contributed by atoms with E-state index in [4.69, 9.17) is 30.0 Å². The molecule has 0 unspecified atom stereocenters. The molecule has 120 valence electrons. The second kappa shape index (κ2) is 183. The van der Waals surface area contributed by atoms with Gasteiger partial charge in [0.1, 0.15) is 0 Å². The van der Waals surface area contributed by atoms with E-state index in [1.54, 1.807) is 0 Å². The summed E-state index contributed by atoms with van der Waals surface area (Å²) >= 11 is 0. The van der Waals surface area contributed by atoms with E-state index in [-0.39, 0.29) is 44.6 Å². The van der Waals surface area contributed by atoms with Crippen LogP contribution in [-0.2, 0) is 0 Å². The Morgan fingerprint density at radius 2 is 0.500 bits per heavy atom. The summed E-state index contributed by atoms with van der Waals surface area (Å²) in [6.07, 6.45) is -3.67. The summed E-state index contributed by atoms with van der Waals surface area (Å²) in [6.45, 7) is 12.0. The van der Waals surface area contributed by atoms with Gasteiger partial charge in [-0.25, -0.2) is 9.59 Å². The van der Waals surface area contributed by atoms with E-state index < -0.39 is 12.3 Å². The average Bonchev–Trinajstić information content (AvgIpc) is 1.93. The molecule has 0 saturated carbocycles. The summed E-state index contributed by atoms with van der Waals surface area (Å²) in [5, 5.41) is 27.9. The van der Waals surface area contributed by atoms with Gasteiger partial charge in [-0.2, -0.15) is 0 Å². The van der Waals surface area contributed by atoms with Gasteiger partial charge in [-0.15, -0.1) is 26.3 Å². The number of rotatable bonds is 0. The molecule has 4 N–H and O–H groups in total. The van der Waals surface area contributed by atoms with Crippen molar-refractivity contribution in [2.24, 2.45) is 0 Å². The predicted octanol–water partition coefficient (Wildman–Crippen LogP) is 5.87. The molecule has 0 aliphatic heterocycles. The molecule has 0 fully saturated rings. The van der Waals surface area contributed by atoms with Gasteiger partial charge in [-0.05, 0) is 0 Å².